The monoisotopic (exact) mass is 277 g/mol. The standard InChI is InChI=1S/C12H27N3O2S/c1-4-5-9-15(3)18(16,17)14-11-12(2)7-6-8-13-10-12/h13-14H,4-11H2,1-3H3. The largest absolute Gasteiger partial charge is 0.316 e. The van der Waals surface area contributed by atoms with Crippen molar-refractivity contribution >= 4 is 10.2 Å². The molecule has 0 radical (unpaired) electrons. The molecular formula is C12H27N3O2S. The number of rotatable bonds is 7. The zero-order valence-electron chi connectivity index (χ0n) is 11.8. The Labute approximate surface area is 112 Å². The summed E-state index contributed by atoms with van der Waals surface area (Å²) in [5.41, 5.74) is 0.0386. The van der Waals surface area contributed by atoms with Crippen molar-refractivity contribution in [3.63, 3.8) is 0 Å². The second-order valence-electron chi connectivity index (χ2n) is 5.59. The summed E-state index contributed by atoms with van der Waals surface area (Å²) in [6.07, 6.45) is 4.09. The summed E-state index contributed by atoms with van der Waals surface area (Å²) < 4.78 is 28.2. The Morgan fingerprint density at radius 2 is 2.17 bits per heavy atom. The fourth-order valence-electron chi connectivity index (χ4n) is 2.15. The maximum atomic E-state index is 12.0. The highest BCUT2D eigenvalue weighted by Crippen LogP contribution is 2.24. The van der Waals surface area contributed by atoms with E-state index >= 15 is 0 Å². The van der Waals surface area contributed by atoms with Gasteiger partial charge in [-0.2, -0.15) is 12.7 Å². The molecule has 0 aromatic carbocycles. The van der Waals surface area contributed by atoms with Gasteiger partial charge in [-0.15, -0.1) is 0 Å². The third-order valence-electron chi connectivity index (χ3n) is 3.60. The molecular weight excluding hydrogens is 250 g/mol. The zero-order valence-corrected chi connectivity index (χ0v) is 12.6. The van der Waals surface area contributed by atoms with Crippen LogP contribution in [0.25, 0.3) is 0 Å². The Morgan fingerprint density at radius 3 is 2.72 bits per heavy atom. The van der Waals surface area contributed by atoms with Gasteiger partial charge in [-0.25, -0.2) is 4.72 Å². The van der Waals surface area contributed by atoms with Gasteiger partial charge in [0, 0.05) is 26.7 Å². The lowest BCUT2D eigenvalue weighted by molar-refractivity contribution is 0.237. The van der Waals surface area contributed by atoms with E-state index < -0.39 is 10.2 Å². The van der Waals surface area contributed by atoms with Crippen LogP contribution in [0.2, 0.25) is 0 Å². The summed E-state index contributed by atoms with van der Waals surface area (Å²) in [6, 6.07) is 0. The first-order valence-electron chi connectivity index (χ1n) is 6.81. The van der Waals surface area contributed by atoms with Crippen LogP contribution < -0.4 is 10.0 Å². The van der Waals surface area contributed by atoms with Crippen molar-refractivity contribution in [1.29, 1.82) is 0 Å². The molecule has 1 aliphatic heterocycles. The molecule has 1 aliphatic rings. The van der Waals surface area contributed by atoms with Crippen molar-refractivity contribution in [2.45, 2.75) is 39.5 Å². The number of hydrogen-bond acceptors (Lipinski definition) is 3. The first-order chi connectivity index (χ1) is 8.40. The Kier molecular flexibility index (Phi) is 6.04. The molecule has 0 aromatic rings. The van der Waals surface area contributed by atoms with Crippen LogP contribution in [-0.2, 0) is 10.2 Å². The normalized spacial score (nSPS) is 25.6. The van der Waals surface area contributed by atoms with Crippen LogP contribution in [0.4, 0.5) is 0 Å². The zero-order chi connectivity index (χ0) is 13.6. The van der Waals surface area contributed by atoms with Crippen LogP contribution in [-0.4, -0.2) is 45.9 Å². The predicted molar refractivity (Wildman–Crippen MR) is 74.7 cm³/mol. The predicted octanol–water partition coefficient (Wildman–Crippen LogP) is 0.942. The summed E-state index contributed by atoms with van der Waals surface area (Å²) in [5.74, 6) is 0. The Hall–Kier alpha value is -0.170. The molecule has 2 N–H and O–H groups in total. The summed E-state index contributed by atoms with van der Waals surface area (Å²) in [4.78, 5) is 0. The van der Waals surface area contributed by atoms with Gasteiger partial charge in [-0.3, -0.25) is 0 Å². The average molecular weight is 277 g/mol. The summed E-state index contributed by atoms with van der Waals surface area (Å²) >= 11 is 0. The van der Waals surface area contributed by atoms with Gasteiger partial charge >= 0.3 is 0 Å². The van der Waals surface area contributed by atoms with E-state index in [9.17, 15) is 8.42 Å². The molecule has 5 nitrogen and oxygen atoms in total. The molecule has 0 saturated carbocycles. The summed E-state index contributed by atoms with van der Waals surface area (Å²) in [6.45, 7) is 7.21. The molecule has 0 spiro atoms. The third kappa shape index (κ3) is 4.84. The number of nitrogens with zero attached hydrogens (tertiary/aromatic N) is 1. The van der Waals surface area contributed by atoms with E-state index in [1.165, 1.54) is 4.31 Å². The van der Waals surface area contributed by atoms with Gasteiger partial charge in [0.1, 0.15) is 0 Å². The molecule has 1 rings (SSSR count). The van der Waals surface area contributed by atoms with Gasteiger partial charge in [0.2, 0.25) is 0 Å². The van der Waals surface area contributed by atoms with Gasteiger partial charge in [-0.1, -0.05) is 20.3 Å². The minimum atomic E-state index is -3.31. The second-order valence-corrected chi connectivity index (χ2v) is 7.45. The van der Waals surface area contributed by atoms with Crippen molar-refractivity contribution in [2.24, 2.45) is 5.41 Å². The highest BCUT2D eigenvalue weighted by Gasteiger charge is 2.29. The highest BCUT2D eigenvalue weighted by molar-refractivity contribution is 7.87. The molecule has 1 atom stereocenters. The van der Waals surface area contributed by atoms with E-state index in [0.29, 0.717) is 13.1 Å². The van der Waals surface area contributed by atoms with Crippen LogP contribution in [0.1, 0.15) is 39.5 Å². The quantitative estimate of drug-likeness (QED) is 0.728. The molecule has 1 heterocycles. The highest BCUT2D eigenvalue weighted by atomic mass is 32.2. The van der Waals surface area contributed by atoms with E-state index in [2.05, 4.69) is 23.9 Å². The smallest absolute Gasteiger partial charge is 0.279 e. The van der Waals surface area contributed by atoms with Crippen LogP contribution in [0, 0.1) is 5.41 Å². The SMILES string of the molecule is CCCCN(C)S(=O)(=O)NCC1(C)CCCNC1. The number of piperidine rings is 1. The maximum absolute atomic E-state index is 12.0. The minimum Gasteiger partial charge on any atom is -0.316 e. The van der Waals surface area contributed by atoms with E-state index in [4.69, 9.17) is 0 Å². The lowest BCUT2D eigenvalue weighted by Crippen LogP contribution is -2.48. The minimum absolute atomic E-state index is 0.0386. The second kappa shape index (κ2) is 6.84. The average Bonchev–Trinajstić information content (AvgIpc) is 2.35. The van der Waals surface area contributed by atoms with Crippen molar-refractivity contribution < 1.29 is 8.42 Å². The van der Waals surface area contributed by atoms with E-state index in [1.54, 1.807) is 7.05 Å². The maximum Gasteiger partial charge on any atom is 0.279 e. The molecule has 0 aromatic heterocycles. The molecule has 18 heavy (non-hydrogen) atoms. The van der Waals surface area contributed by atoms with Crippen LogP contribution in [0.5, 0.6) is 0 Å². The summed E-state index contributed by atoms with van der Waals surface area (Å²) in [7, 11) is -1.68. The van der Waals surface area contributed by atoms with E-state index in [-0.39, 0.29) is 5.41 Å². The third-order valence-corrected chi connectivity index (χ3v) is 5.12. The number of nitrogens with one attached hydrogen (secondary N) is 2. The Bertz CT molecular complexity index is 337. The molecule has 108 valence electrons. The molecule has 0 aliphatic carbocycles. The lowest BCUT2D eigenvalue weighted by Gasteiger charge is -2.34. The first-order valence-corrected chi connectivity index (χ1v) is 8.25. The van der Waals surface area contributed by atoms with Crippen molar-refractivity contribution in [1.82, 2.24) is 14.3 Å². The molecule has 0 amide bonds. The molecule has 6 heteroatoms. The fraction of sp³-hybridized carbons (Fsp3) is 1.00. The fourth-order valence-corrected chi connectivity index (χ4v) is 3.27. The number of hydrogen-bond donors (Lipinski definition) is 2. The lowest BCUT2D eigenvalue weighted by atomic mass is 9.83. The van der Waals surface area contributed by atoms with Gasteiger partial charge in [0.25, 0.3) is 10.2 Å². The van der Waals surface area contributed by atoms with Crippen LogP contribution in [0.15, 0.2) is 0 Å². The van der Waals surface area contributed by atoms with Crippen LogP contribution in [0.3, 0.4) is 0 Å². The van der Waals surface area contributed by atoms with E-state index in [1.807, 2.05) is 0 Å². The van der Waals surface area contributed by atoms with E-state index in [0.717, 1.165) is 38.8 Å². The Balaban J connectivity index is 2.45. The molecule has 1 saturated heterocycles. The van der Waals surface area contributed by atoms with Crippen molar-refractivity contribution in [2.75, 3.05) is 33.2 Å². The van der Waals surface area contributed by atoms with Crippen molar-refractivity contribution in [3.05, 3.63) is 0 Å². The number of unbranched alkanes of at least 4 members (excludes halogenated alkanes) is 1. The molecule has 1 unspecified atom stereocenters. The van der Waals surface area contributed by atoms with Gasteiger partial charge in [-0.05, 0) is 31.2 Å². The summed E-state index contributed by atoms with van der Waals surface area (Å²) in [5, 5.41) is 3.33. The topological polar surface area (TPSA) is 61.4 Å². The first kappa shape index (κ1) is 15.9. The molecule has 0 bridgehead atoms. The van der Waals surface area contributed by atoms with Gasteiger partial charge in [0.05, 0.1) is 0 Å². The van der Waals surface area contributed by atoms with Crippen LogP contribution >= 0.6 is 0 Å². The molecule has 1 fully saturated rings. The van der Waals surface area contributed by atoms with Gasteiger partial charge < -0.3 is 5.32 Å². The van der Waals surface area contributed by atoms with Gasteiger partial charge in [0.15, 0.2) is 0 Å². The van der Waals surface area contributed by atoms with Crippen molar-refractivity contribution in [3.8, 4) is 0 Å². The Morgan fingerprint density at radius 1 is 1.44 bits per heavy atom.